The summed E-state index contributed by atoms with van der Waals surface area (Å²) in [5.41, 5.74) is 2.43. The highest BCUT2D eigenvalue weighted by Crippen LogP contribution is 2.26. The average molecular weight is 368 g/mol. The molecule has 0 spiro atoms. The fourth-order valence-electron chi connectivity index (χ4n) is 3.67. The van der Waals surface area contributed by atoms with Crippen LogP contribution in [0.15, 0.2) is 48.5 Å². The van der Waals surface area contributed by atoms with E-state index in [2.05, 4.69) is 36.5 Å². The van der Waals surface area contributed by atoms with Crippen molar-refractivity contribution in [3.05, 3.63) is 54.1 Å². The molecule has 0 bridgehead atoms. The van der Waals surface area contributed by atoms with Gasteiger partial charge in [0.1, 0.15) is 18.1 Å². The van der Waals surface area contributed by atoms with Gasteiger partial charge in [0, 0.05) is 12.2 Å². The van der Waals surface area contributed by atoms with E-state index in [0.717, 1.165) is 42.7 Å². The first-order valence-electron chi connectivity index (χ1n) is 10.5. The lowest BCUT2D eigenvalue weighted by atomic mass is 9.87. The number of anilines is 1. The summed E-state index contributed by atoms with van der Waals surface area (Å²) in [5, 5.41) is 3.39. The molecular weight excluding hydrogens is 334 g/mol. The van der Waals surface area contributed by atoms with E-state index < -0.39 is 0 Å². The number of nitrogens with one attached hydrogen (secondary N) is 1. The maximum Gasteiger partial charge on any atom is 0.119 e. The smallest absolute Gasteiger partial charge is 0.119 e. The molecule has 0 aliphatic heterocycles. The van der Waals surface area contributed by atoms with Crippen molar-refractivity contribution in [3.8, 4) is 11.5 Å². The third-order valence-electron chi connectivity index (χ3n) is 5.41. The molecule has 1 aliphatic rings. The summed E-state index contributed by atoms with van der Waals surface area (Å²) in [6.07, 6.45) is 9.24. The van der Waals surface area contributed by atoms with Crippen molar-refractivity contribution in [1.29, 1.82) is 0 Å². The van der Waals surface area contributed by atoms with Crippen LogP contribution < -0.4 is 14.8 Å². The van der Waals surface area contributed by atoms with E-state index in [-0.39, 0.29) is 0 Å². The Kier molecular flexibility index (Phi) is 7.88. The molecule has 2 aromatic carbocycles. The van der Waals surface area contributed by atoms with Crippen molar-refractivity contribution in [2.45, 2.75) is 51.9 Å². The predicted octanol–water partition coefficient (Wildman–Crippen LogP) is 6.09. The average Bonchev–Trinajstić information content (AvgIpc) is 2.73. The van der Waals surface area contributed by atoms with Gasteiger partial charge in [0.05, 0.1) is 6.61 Å². The van der Waals surface area contributed by atoms with Crippen molar-refractivity contribution in [2.24, 2.45) is 5.92 Å². The Morgan fingerprint density at radius 3 is 2.11 bits per heavy atom. The Balaban J connectivity index is 1.31. The number of aryl methyl sites for hydroxylation is 1. The molecule has 3 nitrogen and oxygen atoms in total. The largest absolute Gasteiger partial charge is 0.494 e. The van der Waals surface area contributed by atoms with Gasteiger partial charge in [0.25, 0.3) is 0 Å². The van der Waals surface area contributed by atoms with E-state index in [1.807, 2.05) is 24.3 Å². The van der Waals surface area contributed by atoms with Crippen LogP contribution in [-0.2, 0) is 6.42 Å². The minimum absolute atomic E-state index is 0.644. The first-order valence-corrected chi connectivity index (χ1v) is 10.5. The van der Waals surface area contributed by atoms with E-state index >= 15 is 0 Å². The molecule has 1 fully saturated rings. The number of rotatable bonds is 10. The summed E-state index contributed by atoms with van der Waals surface area (Å²) >= 11 is 0. The second kappa shape index (κ2) is 10.9. The van der Waals surface area contributed by atoms with Crippen molar-refractivity contribution in [3.63, 3.8) is 0 Å². The van der Waals surface area contributed by atoms with Gasteiger partial charge >= 0.3 is 0 Å². The van der Waals surface area contributed by atoms with Crippen LogP contribution in [0.4, 0.5) is 5.69 Å². The van der Waals surface area contributed by atoms with Crippen LogP contribution in [0.2, 0.25) is 0 Å². The molecule has 0 atom stereocenters. The lowest BCUT2D eigenvalue weighted by Gasteiger charge is -2.21. The van der Waals surface area contributed by atoms with Crippen LogP contribution in [-0.4, -0.2) is 19.8 Å². The van der Waals surface area contributed by atoms with Gasteiger partial charge in [-0.05, 0) is 60.7 Å². The van der Waals surface area contributed by atoms with Gasteiger partial charge in [-0.25, -0.2) is 0 Å². The molecular formula is C24H33NO2. The predicted molar refractivity (Wildman–Crippen MR) is 113 cm³/mol. The summed E-state index contributed by atoms with van der Waals surface area (Å²) in [6, 6.07) is 16.6. The van der Waals surface area contributed by atoms with E-state index in [4.69, 9.17) is 9.47 Å². The molecule has 1 N–H and O–H groups in total. The highest BCUT2D eigenvalue weighted by Gasteiger charge is 2.13. The van der Waals surface area contributed by atoms with Crippen molar-refractivity contribution in [1.82, 2.24) is 0 Å². The maximum atomic E-state index is 5.91. The normalized spacial score (nSPS) is 14.7. The lowest BCUT2D eigenvalue weighted by molar-refractivity contribution is 0.246. The third kappa shape index (κ3) is 6.82. The van der Waals surface area contributed by atoms with Gasteiger partial charge in [-0.15, -0.1) is 0 Å². The molecule has 2 aromatic rings. The Hall–Kier alpha value is -2.16. The Labute approximate surface area is 164 Å². The first kappa shape index (κ1) is 19.6. The fraction of sp³-hybridized carbons (Fsp3) is 0.500. The monoisotopic (exact) mass is 367 g/mol. The first-order chi connectivity index (χ1) is 13.3. The molecule has 1 saturated carbocycles. The summed E-state index contributed by atoms with van der Waals surface area (Å²) in [5.74, 6) is 2.76. The Morgan fingerprint density at radius 1 is 0.815 bits per heavy atom. The number of ether oxygens (including phenoxy) is 2. The molecule has 1 aliphatic carbocycles. The number of hydrogen-bond donors (Lipinski definition) is 1. The molecule has 3 rings (SSSR count). The second-order valence-corrected chi connectivity index (χ2v) is 7.44. The maximum absolute atomic E-state index is 5.91. The van der Waals surface area contributed by atoms with Gasteiger partial charge in [-0.2, -0.15) is 0 Å². The lowest BCUT2D eigenvalue weighted by Crippen LogP contribution is -2.11. The fourth-order valence-corrected chi connectivity index (χ4v) is 3.67. The van der Waals surface area contributed by atoms with E-state index in [1.54, 1.807) is 0 Å². The molecule has 0 amide bonds. The molecule has 0 unspecified atom stereocenters. The summed E-state index contributed by atoms with van der Waals surface area (Å²) < 4.78 is 11.7. The van der Waals surface area contributed by atoms with Crippen LogP contribution in [0, 0.1) is 5.92 Å². The van der Waals surface area contributed by atoms with Gasteiger partial charge in [0.15, 0.2) is 0 Å². The van der Waals surface area contributed by atoms with Crippen molar-refractivity contribution in [2.75, 3.05) is 25.1 Å². The minimum atomic E-state index is 0.644. The zero-order valence-electron chi connectivity index (χ0n) is 16.6. The third-order valence-corrected chi connectivity index (χ3v) is 5.41. The topological polar surface area (TPSA) is 30.5 Å². The summed E-state index contributed by atoms with van der Waals surface area (Å²) in [6.45, 7) is 4.41. The van der Waals surface area contributed by atoms with Crippen LogP contribution in [0.1, 0.15) is 51.0 Å². The van der Waals surface area contributed by atoms with Crippen LogP contribution >= 0.6 is 0 Å². The highest BCUT2D eigenvalue weighted by molar-refractivity contribution is 5.46. The number of benzene rings is 2. The molecule has 0 aromatic heterocycles. The second-order valence-electron chi connectivity index (χ2n) is 7.44. The van der Waals surface area contributed by atoms with Crippen LogP contribution in [0.25, 0.3) is 0 Å². The van der Waals surface area contributed by atoms with E-state index in [1.165, 1.54) is 44.1 Å². The van der Waals surface area contributed by atoms with Crippen molar-refractivity contribution >= 4 is 5.69 Å². The van der Waals surface area contributed by atoms with Crippen LogP contribution in [0.3, 0.4) is 0 Å². The van der Waals surface area contributed by atoms with Gasteiger partial charge < -0.3 is 14.8 Å². The summed E-state index contributed by atoms with van der Waals surface area (Å²) in [7, 11) is 0. The minimum Gasteiger partial charge on any atom is -0.494 e. The standard InChI is InChI=1S/C24H33NO2/c1-2-20-8-12-23(13-9-20)27-19-17-25-22-10-14-24(15-11-22)26-18-16-21-6-4-3-5-7-21/h8-15,21,25H,2-7,16-19H2,1H3. The molecule has 0 saturated heterocycles. The SMILES string of the molecule is CCc1ccc(OCCNc2ccc(OCCC3CCCCC3)cc2)cc1. The molecule has 0 heterocycles. The van der Waals surface area contributed by atoms with Crippen molar-refractivity contribution < 1.29 is 9.47 Å². The zero-order valence-corrected chi connectivity index (χ0v) is 16.6. The van der Waals surface area contributed by atoms with E-state index in [0.29, 0.717) is 6.61 Å². The summed E-state index contributed by atoms with van der Waals surface area (Å²) in [4.78, 5) is 0. The van der Waals surface area contributed by atoms with Gasteiger partial charge in [0.2, 0.25) is 0 Å². The number of hydrogen-bond acceptors (Lipinski definition) is 3. The Bertz CT molecular complexity index is 645. The quantitative estimate of drug-likeness (QED) is 0.516. The zero-order chi connectivity index (χ0) is 18.7. The molecule has 0 radical (unpaired) electrons. The van der Waals surface area contributed by atoms with Gasteiger partial charge in [-0.3, -0.25) is 0 Å². The molecule has 27 heavy (non-hydrogen) atoms. The Morgan fingerprint density at radius 2 is 1.44 bits per heavy atom. The van der Waals surface area contributed by atoms with Crippen LogP contribution in [0.5, 0.6) is 11.5 Å². The molecule has 146 valence electrons. The van der Waals surface area contributed by atoms with E-state index in [9.17, 15) is 0 Å². The molecule has 3 heteroatoms. The highest BCUT2D eigenvalue weighted by atomic mass is 16.5. The van der Waals surface area contributed by atoms with Gasteiger partial charge in [-0.1, -0.05) is 51.2 Å².